The quantitative estimate of drug-likeness (QED) is 0.322. The molecular weight excluding hydrogens is 208 g/mol. The summed E-state index contributed by atoms with van der Waals surface area (Å²) in [5.41, 5.74) is 0. The highest BCUT2D eigenvalue weighted by Gasteiger charge is 1.94. The Kier molecular flexibility index (Phi) is 12.2. The second-order valence-electron chi connectivity index (χ2n) is 4.39. The van der Waals surface area contributed by atoms with Crippen molar-refractivity contribution in [2.75, 3.05) is 0 Å². The van der Waals surface area contributed by atoms with Crippen LogP contribution in [-0.4, -0.2) is 5.78 Å². The van der Waals surface area contributed by atoms with Crippen LogP contribution in [0.5, 0.6) is 0 Å². The molecule has 0 rings (SSSR count). The van der Waals surface area contributed by atoms with Gasteiger partial charge in [0.2, 0.25) is 0 Å². The van der Waals surface area contributed by atoms with E-state index in [0.29, 0.717) is 6.42 Å². The molecule has 0 aromatic heterocycles. The van der Waals surface area contributed by atoms with Crippen molar-refractivity contribution in [3.8, 4) is 11.8 Å². The summed E-state index contributed by atoms with van der Waals surface area (Å²) in [6, 6.07) is 0. The van der Waals surface area contributed by atoms with Crippen molar-refractivity contribution in [1.29, 1.82) is 0 Å². The first kappa shape index (κ1) is 16.0. The number of carbonyl (C=O) groups is 1. The van der Waals surface area contributed by atoms with Crippen molar-refractivity contribution >= 4 is 5.78 Å². The minimum atomic E-state index is 0.207. The molecule has 96 valence electrons. The monoisotopic (exact) mass is 234 g/mol. The van der Waals surface area contributed by atoms with Crippen molar-refractivity contribution in [3.05, 3.63) is 12.2 Å². The zero-order valence-electron chi connectivity index (χ0n) is 11.4. The first-order chi connectivity index (χ1) is 8.31. The van der Waals surface area contributed by atoms with Crippen LogP contribution in [-0.2, 0) is 4.79 Å². The van der Waals surface area contributed by atoms with Crippen LogP contribution >= 0.6 is 0 Å². The van der Waals surface area contributed by atoms with Gasteiger partial charge in [0.1, 0.15) is 0 Å². The van der Waals surface area contributed by atoms with Gasteiger partial charge in [-0.1, -0.05) is 57.8 Å². The van der Waals surface area contributed by atoms with Crippen LogP contribution in [0.1, 0.15) is 71.6 Å². The molecule has 0 fully saturated rings. The van der Waals surface area contributed by atoms with Gasteiger partial charge in [0.15, 0.2) is 5.78 Å². The molecule has 1 nitrogen and oxygen atoms in total. The largest absolute Gasteiger partial charge is 0.295 e. The van der Waals surface area contributed by atoms with Gasteiger partial charge in [-0.05, 0) is 25.0 Å². The Hall–Kier alpha value is -1.03. The van der Waals surface area contributed by atoms with Crippen molar-refractivity contribution in [2.24, 2.45) is 0 Å². The number of unbranched alkanes of at least 4 members (excludes halogenated alkanes) is 6. The number of allylic oxidation sites excluding steroid dienone is 2. The highest BCUT2D eigenvalue weighted by molar-refractivity contribution is 5.89. The van der Waals surface area contributed by atoms with Crippen LogP contribution in [0, 0.1) is 11.8 Å². The summed E-state index contributed by atoms with van der Waals surface area (Å²) >= 11 is 0. The van der Waals surface area contributed by atoms with E-state index >= 15 is 0 Å². The zero-order chi connectivity index (χ0) is 12.8. The highest BCUT2D eigenvalue weighted by Crippen LogP contribution is 2.01. The van der Waals surface area contributed by atoms with Crippen molar-refractivity contribution in [2.45, 2.75) is 71.6 Å². The third-order valence-electron chi connectivity index (χ3n) is 2.64. The molecule has 0 heterocycles. The summed E-state index contributed by atoms with van der Waals surface area (Å²) < 4.78 is 0. The van der Waals surface area contributed by atoms with E-state index in [-0.39, 0.29) is 5.78 Å². The minimum Gasteiger partial charge on any atom is -0.295 e. The van der Waals surface area contributed by atoms with Gasteiger partial charge >= 0.3 is 0 Å². The van der Waals surface area contributed by atoms with Crippen LogP contribution in [0.3, 0.4) is 0 Å². The Morgan fingerprint density at radius 3 is 2.41 bits per heavy atom. The molecule has 0 N–H and O–H groups in total. The van der Waals surface area contributed by atoms with Crippen molar-refractivity contribution < 1.29 is 4.79 Å². The fourth-order valence-corrected chi connectivity index (χ4v) is 1.54. The van der Waals surface area contributed by atoms with Crippen molar-refractivity contribution in [3.63, 3.8) is 0 Å². The lowest BCUT2D eigenvalue weighted by atomic mass is 10.1. The predicted molar refractivity (Wildman–Crippen MR) is 74.8 cm³/mol. The average Bonchev–Trinajstić information content (AvgIpc) is 2.33. The molecule has 0 unspecified atom stereocenters. The summed E-state index contributed by atoms with van der Waals surface area (Å²) in [6.45, 7) is 4.35. The molecule has 0 aromatic rings. The molecule has 0 aliphatic heterocycles. The van der Waals surface area contributed by atoms with Gasteiger partial charge in [0.25, 0.3) is 0 Å². The van der Waals surface area contributed by atoms with Gasteiger partial charge in [-0.15, -0.1) is 0 Å². The molecule has 0 spiro atoms. The molecule has 0 bridgehead atoms. The fraction of sp³-hybridized carbons (Fsp3) is 0.688. The van der Waals surface area contributed by atoms with Crippen molar-refractivity contribution in [1.82, 2.24) is 0 Å². The van der Waals surface area contributed by atoms with Crippen LogP contribution in [0.15, 0.2) is 12.2 Å². The van der Waals surface area contributed by atoms with Crippen LogP contribution in [0.25, 0.3) is 0 Å². The first-order valence-corrected chi connectivity index (χ1v) is 6.99. The van der Waals surface area contributed by atoms with E-state index < -0.39 is 0 Å². The SMILES string of the molecule is CCCCCCC#C/C=C/C(=O)CCCCC. The van der Waals surface area contributed by atoms with E-state index in [1.165, 1.54) is 25.7 Å². The number of carbonyl (C=O) groups excluding carboxylic acids is 1. The van der Waals surface area contributed by atoms with Crippen LogP contribution < -0.4 is 0 Å². The molecular formula is C16H26O. The molecule has 0 saturated heterocycles. The van der Waals surface area contributed by atoms with Gasteiger partial charge in [-0.2, -0.15) is 0 Å². The summed E-state index contributed by atoms with van der Waals surface area (Å²) in [5.74, 6) is 6.22. The highest BCUT2D eigenvalue weighted by atomic mass is 16.1. The van der Waals surface area contributed by atoms with E-state index in [0.717, 1.165) is 25.7 Å². The number of ketones is 1. The topological polar surface area (TPSA) is 17.1 Å². The molecule has 0 aromatic carbocycles. The Morgan fingerprint density at radius 1 is 1.00 bits per heavy atom. The molecule has 0 amide bonds. The maximum absolute atomic E-state index is 11.3. The number of rotatable bonds is 9. The third-order valence-corrected chi connectivity index (χ3v) is 2.64. The van der Waals surface area contributed by atoms with Crippen LogP contribution in [0.2, 0.25) is 0 Å². The predicted octanol–water partition coefficient (Wildman–Crippen LogP) is 4.67. The van der Waals surface area contributed by atoms with Gasteiger partial charge < -0.3 is 0 Å². The van der Waals surface area contributed by atoms with E-state index in [9.17, 15) is 4.79 Å². The second-order valence-corrected chi connectivity index (χ2v) is 4.39. The number of hydrogen-bond acceptors (Lipinski definition) is 1. The lowest BCUT2D eigenvalue weighted by Gasteiger charge is -1.92. The molecule has 0 aliphatic rings. The summed E-state index contributed by atoms with van der Waals surface area (Å²) in [6.07, 6.45) is 13.3. The third kappa shape index (κ3) is 12.9. The molecule has 0 radical (unpaired) electrons. The average molecular weight is 234 g/mol. The standard InChI is InChI=1S/C16H26O/c1-3-5-7-8-9-10-11-13-15-16(17)14-12-6-4-2/h13,15H,3-9,12,14H2,1-2H3/b15-13+. The second kappa shape index (κ2) is 13.0. The zero-order valence-corrected chi connectivity index (χ0v) is 11.4. The molecule has 17 heavy (non-hydrogen) atoms. The normalized spacial score (nSPS) is 10.2. The molecule has 0 aliphatic carbocycles. The lowest BCUT2D eigenvalue weighted by Crippen LogP contribution is -1.91. The van der Waals surface area contributed by atoms with Crippen LogP contribution in [0.4, 0.5) is 0 Å². The Bertz CT molecular complexity index is 265. The maximum Gasteiger partial charge on any atom is 0.156 e. The fourth-order valence-electron chi connectivity index (χ4n) is 1.54. The Balaban J connectivity index is 3.50. The number of hydrogen-bond donors (Lipinski definition) is 0. The molecule has 1 heteroatoms. The lowest BCUT2D eigenvalue weighted by molar-refractivity contribution is -0.114. The van der Waals surface area contributed by atoms with Gasteiger partial charge in [0, 0.05) is 12.8 Å². The molecule has 0 saturated carbocycles. The van der Waals surface area contributed by atoms with E-state index in [1.807, 2.05) is 0 Å². The first-order valence-electron chi connectivity index (χ1n) is 6.99. The van der Waals surface area contributed by atoms with E-state index in [2.05, 4.69) is 25.7 Å². The van der Waals surface area contributed by atoms with E-state index in [4.69, 9.17) is 0 Å². The van der Waals surface area contributed by atoms with Gasteiger partial charge in [0.05, 0.1) is 0 Å². The van der Waals surface area contributed by atoms with Gasteiger partial charge in [-0.3, -0.25) is 4.79 Å². The summed E-state index contributed by atoms with van der Waals surface area (Å²) in [4.78, 5) is 11.3. The Morgan fingerprint density at radius 2 is 1.71 bits per heavy atom. The summed E-state index contributed by atoms with van der Waals surface area (Å²) in [5, 5.41) is 0. The smallest absolute Gasteiger partial charge is 0.156 e. The van der Waals surface area contributed by atoms with E-state index in [1.54, 1.807) is 12.2 Å². The molecule has 0 atom stereocenters. The Labute approximate surface area is 107 Å². The minimum absolute atomic E-state index is 0.207. The summed E-state index contributed by atoms with van der Waals surface area (Å²) in [7, 11) is 0. The van der Waals surface area contributed by atoms with Gasteiger partial charge in [-0.25, -0.2) is 0 Å². The maximum atomic E-state index is 11.3.